The molecule has 1 fully saturated rings. The molecule has 1 saturated heterocycles. The van der Waals surface area contributed by atoms with Crippen LogP contribution in [0.1, 0.15) is 10.4 Å². The number of carbonyl (C=O) groups is 2. The molecule has 2 aromatic rings. The van der Waals surface area contributed by atoms with Crippen LogP contribution < -0.4 is 0 Å². The van der Waals surface area contributed by atoms with E-state index in [2.05, 4.69) is 0 Å². The number of hydrogen-bond acceptors (Lipinski definition) is 4. The molecule has 0 saturated carbocycles. The Morgan fingerprint density at radius 2 is 1.95 bits per heavy atom. The lowest BCUT2D eigenvalue weighted by atomic mass is 10.2. The van der Waals surface area contributed by atoms with Crippen molar-refractivity contribution in [2.24, 2.45) is 0 Å². The Bertz CT molecular complexity index is 725. The smallest absolute Gasteiger partial charge is 0.268 e. The van der Waals surface area contributed by atoms with Crippen molar-refractivity contribution in [2.75, 3.05) is 0 Å². The van der Waals surface area contributed by atoms with Gasteiger partial charge in [0.25, 0.3) is 11.1 Å². The first kappa shape index (κ1) is 14.0. The van der Waals surface area contributed by atoms with Gasteiger partial charge in [0.15, 0.2) is 0 Å². The summed E-state index contributed by atoms with van der Waals surface area (Å²) in [5.74, 6) is -0.791. The molecule has 0 unspecified atom stereocenters. The van der Waals surface area contributed by atoms with Crippen LogP contribution in [0.25, 0.3) is 6.08 Å². The second-order valence-corrected chi connectivity index (χ2v) is 6.35. The number of thiophene rings is 1. The number of thioether (sulfide) groups is 1. The molecule has 3 nitrogen and oxygen atoms in total. The summed E-state index contributed by atoms with van der Waals surface area (Å²) in [5.41, 5.74) is 0.331. The molecule has 106 valence electrons. The van der Waals surface area contributed by atoms with E-state index in [1.165, 1.54) is 17.4 Å². The Labute approximate surface area is 129 Å². The largest absolute Gasteiger partial charge is 0.293 e. The summed E-state index contributed by atoms with van der Waals surface area (Å²) >= 11 is 2.38. The molecule has 6 heteroatoms. The lowest BCUT2D eigenvalue weighted by Gasteiger charge is -2.12. The maximum atomic E-state index is 13.6. The minimum atomic E-state index is -0.418. The predicted molar refractivity (Wildman–Crippen MR) is 82.2 cm³/mol. The molecule has 0 spiro atoms. The van der Waals surface area contributed by atoms with Crippen LogP contribution in [0.15, 0.2) is 46.7 Å². The van der Waals surface area contributed by atoms with Crippen molar-refractivity contribution < 1.29 is 14.0 Å². The Balaban J connectivity index is 1.83. The molecular formula is C15H10FNO2S2. The average Bonchev–Trinajstić information content (AvgIpc) is 3.05. The molecule has 1 aromatic heterocycles. The highest BCUT2D eigenvalue weighted by Crippen LogP contribution is 2.34. The zero-order valence-electron chi connectivity index (χ0n) is 10.8. The van der Waals surface area contributed by atoms with E-state index in [9.17, 15) is 14.0 Å². The molecule has 1 aliphatic rings. The van der Waals surface area contributed by atoms with E-state index in [0.29, 0.717) is 10.5 Å². The van der Waals surface area contributed by atoms with Gasteiger partial charge in [-0.05, 0) is 35.4 Å². The van der Waals surface area contributed by atoms with Gasteiger partial charge in [-0.3, -0.25) is 14.5 Å². The van der Waals surface area contributed by atoms with Gasteiger partial charge in [-0.25, -0.2) is 4.39 Å². The van der Waals surface area contributed by atoms with Gasteiger partial charge in [-0.15, -0.1) is 11.3 Å². The normalized spacial score (nSPS) is 17.0. The molecule has 3 rings (SSSR count). The average molecular weight is 319 g/mol. The van der Waals surface area contributed by atoms with Gasteiger partial charge in [-0.1, -0.05) is 24.3 Å². The zero-order chi connectivity index (χ0) is 14.8. The van der Waals surface area contributed by atoms with Crippen molar-refractivity contribution in [1.29, 1.82) is 0 Å². The molecule has 0 aliphatic carbocycles. The Hall–Kier alpha value is -1.92. The number of hydrogen-bond donors (Lipinski definition) is 0. The summed E-state index contributed by atoms with van der Waals surface area (Å²) in [7, 11) is 0. The fourth-order valence-corrected chi connectivity index (χ4v) is 3.50. The summed E-state index contributed by atoms with van der Waals surface area (Å²) in [6, 6.07) is 9.88. The van der Waals surface area contributed by atoms with Crippen LogP contribution in [0.3, 0.4) is 0 Å². The van der Waals surface area contributed by atoms with Crippen LogP contribution in [0.2, 0.25) is 0 Å². The summed E-state index contributed by atoms with van der Waals surface area (Å²) in [4.78, 5) is 26.6. The number of benzene rings is 1. The van der Waals surface area contributed by atoms with Crippen molar-refractivity contribution in [3.63, 3.8) is 0 Å². The minimum absolute atomic E-state index is 0.0425. The third-order valence-electron chi connectivity index (χ3n) is 2.98. The van der Waals surface area contributed by atoms with E-state index >= 15 is 0 Å². The topological polar surface area (TPSA) is 37.4 Å². The van der Waals surface area contributed by atoms with Crippen molar-refractivity contribution >= 4 is 40.3 Å². The van der Waals surface area contributed by atoms with Gasteiger partial charge >= 0.3 is 0 Å². The molecule has 0 radical (unpaired) electrons. The summed E-state index contributed by atoms with van der Waals surface area (Å²) in [6.07, 6.45) is 1.69. The third kappa shape index (κ3) is 2.91. The molecule has 21 heavy (non-hydrogen) atoms. The van der Waals surface area contributed by atoms with Crippen molar-refractivity contribution in [3.8, 4) is 0 Å². The van der Waals surface area contributed by atoms with Gasteiger partial charge in [0.05, 0.1) is 11.4 Å². The van der Waals surface area contributed by atoms with E-state index in [1.54, 1.807) is 24.3 Å². The Morgan fingerprint density at radius 3 is 2.67 bits per heavy atom. The maximum absolute atomic E-state index is 13.6. The number of carbonyl (C=O) groups excluding carboxylic acids is 2. The van der Waals surface area contributed by atoms with Gasteiger partial charge < -0.3 is 0 Å². The first-order chi connectivity index (χ1) is 10.1. The molecule has 0 bridgehead atoms. The van der Waals surface area contributed by atoms with E-state index < -0.39 is 5.82 Å². The van der Waals surface area contributed by atoms with Gasteiger partial charge in [0.2, 0.25) is 0 Å². The highest BCUT2D eigenvalue weighted by Gasteiger charge is 2.35. The van der Waals surface area contributed by atoms with E-state index in [4.69, 9.17) is 0 Å². The van der Waals surface area contributed by atoms with Crippen molar-refractivity contribution in [1.82, 2.24) is 4.90 Å². The fraction of sp³-hybridized carbons (Fsp3) is 0.0667. The number of imide groups is 1. The van der Waals surface area contributed by atoms with E-state index in [-0.39, 0.29) is 17.7 Å². The third-order valence-corrected chi connectivity index (χ3v) is 4.70. The predicted octanol–water partition coefficient (Wildman–Crippen LogP) is 4.12. The van der Waals surface area contributed by atoms with Crippen LogP contribution in [-0.4, -0.2) is 16.0 Å². The minimum Gasteiger partial charge on any atom is -0.268 e. The summed E-state index contributed by atoms with van der Waals surface area (Å²) in [6.45, 7) is -0.0425. The fourth-order valence-electron chi connectivity index (χ4n) is 1.94. The van der Waals surface area contributed by atoms with Gasteiger partial charge in [0, 0.05) is 10.4 Å². The van der Waals surface area contributed by atoms with E-state index in [1.807, 2.05) is 17.5 Å². The van der Waals surface area contributed by atoms with Crippen LogP contribution >= 0.6 is 23.1 Å². The number of nitrogens with zero attached hydrogens (tertiary/aromatic N) is 1. The van der Waals surface area contributed by atoms with Gasteiger partial charge in [0.1, 0.15) is 5.82 Å². The number of rotatable bonds is 3. The second kappa shape index (κ2) is 5.83. The molecule has 1 aliphatic heterocycles. The molecule has 0 N–H and O–H groups in total. The van der Waals surface area contributed by atoms with Gasteiger partial charge in [-0.2, -0.15) is 0 Å². The van der Waals surface area contributed by atoms with Crippen molar-refractivity contribution in [3.05, 3.63) is 62.9 Å². The summed E-state index contributed by atoms with van der Waals surface area (Å²) < 4.78 is 13.6. The zero-order valence-corrected chi connectivity index (χ0v) is 12.4. The highest BCUT2D eigenvalue weighted by atomic mass is 32.2. The standard InChI is InChI=1S/C15H10FNO2S2/c16-12-6-2-1-4-10(12)9-17-14(18)13(21-15(17)19)8-11-5-3-7-20-11/h1-8H,9H2/b13-8+. The maximum Gasteiger partial charge on any atom is 0.293 e. The molecule has 2 heterocycles. The first-order valence-electron chi connectivity index (χ1n) is 6.17. The Kier molecular flexibility index (Phi) is 3.90. The first-order valence-corrected chi connectivity index (χ1v) is 7.87. The Morgan fingerprint density at radius 1 is 1.14 bits per heavy atom. The molecule has 2 amide bonds. The molecule has 1 aromatic carbocycles. The lowest BCUT2D eigenvalue weighted by molar-refractivity contribution is -0.123. The highest BCUT2D eigenvalue weighted by molar-refractivity contribution is 8.18. The van der Waals surface area contributed by atoms with Crippen LogP contribution in [0.4, 0.5) is 9.18 Å². The van der Waals surface area contributed by atoms with Crippen LogP contribution in [0.5, 0.6) is 0 Å². The number of halogens is 1. The molecular weight excluding hydrogens is 309 g/mol. The van der Waals surface area contributed by atoms with E-state index in [0.717, 1.165) is 21.5 Å². The van der Waals surface area contributed by atoms with Crippen molar-refractivity contribution in [2.45, 2.75) is 6.54 Å². The number of amides is 2. The monoisotopic (exact) mass is 319 g/mol. The summed E-state index contributed by atoms with van der Waals surface area (Å²) in [5, 5.41) is 1.53. The van der Waals surface area contributed by atoms with Crippen LogP contribution in [-0.2, 0) is 11.3 Å². The SMILES string of the molecule is O=C1S/C(=C/c2cccs2)C(=O)N1Cc1ccccc1F. The molecule has 0 atom stereocenters. The second-order valence-electron chi connectivity index (χ2n) is 4.37. The van der Waals surface area contributed by atoms with Crippen LogP contribution in [0, 0.1) is 5.82 Å². The lowest BCUT2D eigenvalue weighted by Crippen LogP contribution is -2.27. The quantitative estimate of drug-likeness (QED) is 0.799.